The highest BCUT2D eigenvalue weighted by atomic mass is 32.2. The number of rotatable bonds is 4. The Labute approximate surface area is 95.1 Å². The van der Waals surface area contributed by atoms with Crippen molar-refractivity contribution in [1.29, 1.82) is 5.26 Å². The van der Waals surface area contributed by atoms with E-state index in [2.05, 4.69) is 5.10 Å². The molecule has 0 spiro atoms. The van der Waals surface area contributed by atoms with Gasteiger partial charge in [-0.05, 0) is 6.92 Å². The van der Waals surface area contributed by atoms with E-state index in [0.29, 0.717) is 0 Å². The third-order valence-corrected chi connectivity index (χ3v) is 4.29. The van der Waals surface area contributed by atoms with Gasteiger partial charge < -0.3 is 0 Å². The van der Waals surface area contributed by atoms with Gasteiger partial charge in [-0.15, -0.1) is 0 Å². The Morgan fingerprint density at radius 3 is 2.75 bits per heavy atom. The van der Waals surface area contributed by atoms with Crippen LogP contribution in [0.25, 0.3) is 0 Å². The van der Waals surface area contributed by atoms with Gasteiger partial charge in [0, 0.05) is 26.3 Å². The molecule has 6 nitrogen and oxygen atoms in total. The van der Waals surface area contributed by atoms with Gasteiger partial charge in [-0.25, -0.2) is 8.42 Å². The summed E-state index contributed by atoms with van der Waals surface area (Å²) in [6.07, 6.45) is 2.89. The van der Waals surface area contributed by atoms with Crippen LogP contribution in [0.4, 0.5) is 0 Å². The van der Waals surface area contributed by atoms with E-state index in [1.165, 1.54) is 28.4 Å². The molecule has 0 saturated carbocycles. The van der Waals surface area contributed by atoms with Crippen LogP contribution in [0.15, 0.2) is 17.3 Å². The van der Waals surface area contributed by atoms with E-state index in [0.717, 1.165) is 0 Å². The first-order valence-corrected chi connectivity index (χ1v) is 6.17. The van der Waals surface area contributed by atoms with Crippen LogP contribution in [0.5, 0.6) is 0 Å². The predicted octanol–water partition coefficient (Wildman–Crippen LogP) is 0.343. The van der Waals surface area contributed by atoms with E-state index in [1.54, 1.807) is 14.0 Å². The average Bonchev–Trinajstić information content (AvgIpc) is 2.64. The van der Waals surface area contributed by atoms with Gasteiger partial charge in [0.1, 0.15) is 4.90 Å². The molecular weight excluding hydrogens is 228 g/mol. The van der Waals surface area contributed by atoms with Crippen LogP contribution in [-0.4, -0.2) is 35.6 Å². The molecule has 0 aliphatic heterocycles. The van der Waals surface area contributed by atoms with Gasteiger partial charge in [-0.3, -0.25) is 4.68 Å². The highest BCUT2D eigenvalue weighted by Gasteiger charge is 2.26. The van der Waals surface area contributed by atoms with Gasteiger partial charge >= 0.3 is 0 Å². The molecule has 0 fully saturated rings. The van der Waals surface area contributed by atoms with E-state index in [1.807, 2.05) is 6.07 Å². The number of hydrogen-bond acceptors (Lipinski definition) is 4. The largest absolute Gasteiger partial charge is 0.274 e. The maximum absolute atomic E-state index is 12.0. The highest BCUT2D eigenvalue weighted by molar-refractivity contribution is 7.89. The quantitative estimate of drug-likeness (QED) is 0.762. The van der Waals surface area contributed by atoms with Gasteiger partial charge in [0.25, 0.3) is 0 Å². The summed E-state index contributed by atoms with van der Waals surface area (Å²) in [6, 6.07) is 1.60. The maximum Gasteiger partial charge on any atom is 0.246 e. The fourth-order valence-electron chi connectivity index (χ4n) is 1.20. The lowest BCUT2D eigenvalue weighted by atomic mass is 10.3. The number of aryl methyl sites for hydroxylation is 1. The third-order valence-electron chi connectivity index (χ3n) is 2.37. The minimum absolute atomic E-state index is 0.141. The lowest BCUT2D eigenvalue weighted by Gasteiger charge is -2.21. The Kier molecular flexibility index (Phi) is 3.67. The van der Waals surface area contributed by atoms with E-state index >= 15 is 0 Å². The van der Waals surface area contributed by atoms with Gasteiger partial charge in [0.2, 0.25) is 10.0 Å². The first-order valence-electron chi connectivity index (χ1n) is 4.73. The van der Waals surface area contributed by atoms with Crippen molar-refractivity contribution in [3.05, 3.63) is 12.4 Å². The summed E-state index contributed by atoms with van der Waals surface area (Å²) in [4.78, 5) is 0.141. The van der Waals surface area contributed by atoms with Crippen molar-refractivity contribution in [3.63, 3.8) is 0 Å². The molecule has 0 N–H and O–H groups in total. The SMILES string of the molecule is CC(CC#N)N(C)S(=O)(=O)c1cnn(C)c1. The zero-order valence-electron chi connectivity index (χ0n) is 9.45. The van der Waals surface area contributed by atoms with Crippen molar-refractivity contribution < 1.29 is 8.42 Å². The van der Waals surface area contributed by atoms with Crippen LogP contribution < -0.4 is 0 Å². The van der Waals surface area contributed by atoms with Crippen molar-refractivity contribution in [2.45, 2.75) is 24.3 Å². The Morgan fingerprint density at radius 2 is 2.31 bits per heavy atom. The summed E-state index contributed by atoms with van der Waals surface area (Å²) in [5, 5.41) is 12.4. The molecule has 1 aromatic heterocycles. The molecule has 1 rings (SSSR count). The summed E-state index contributed by atoms with van der Waals surface area (Å²) in [6.45, 7) is 1.69. The second kappa shape index (κ2) is 4.63. The number of nitrogens with zero attached hydrogens (tertiary/aromatic N) is 4. The minimum atomic E-state index is -3.54. The van der Waals surface area contributed by atoms with Crippen molar-refractivity contribution in [3.8, 4) is 6.07 Å². The molecule has 1 unspecified atom stereocenters. The number of nitriles is 1. The molecule has 0 radical (unpaired) electrons. The zero-order valence-corrected chi connectivity index (χ0v) is 10.3. The van der Waals surface area contributed by atoms with Crippen LogP contribution >= 0.6 is 0 Å². The summed E-state index contributed by atoms with van der Waals surface area (Å²) >= 11 is 0. The number of hydrogen-bond donors (Lipinski definition) is 0. The molecule has 0 saturated heterocycles. The first kappa shape index (κ1) is 12.7. The summed E-state index contributed by atoms with van der Waals surface area (Å²) in [5.74, 6) is 0. The van der Waals surface area contributed by atoms with Crippen molar-refractivity contribution in [2.24, 2.45) is 7.05 Å². The van der Waals surface area contributed by atoms with Gasteiger partial charge in [0.15, 0.2) is 0 Å². The van der Waals surface area contributed by atoms with Gasteiger partial charge in [-0.2, -0.15) is 14.7 Å². The standard InChI is InChI=1S/C9H14N4O2S/c1-8(4-5-10)13(3)16(14,15)9-6-11-12(2)7-9/h6-8H,4H2,1-3H3. The first-order chi connectivity index (χ1) is 7.39. The monoisotopic (exact) mass is 242 g/mol. The second-order valence-electron chi connectivity index (χ2n) is 3.58. The third kappa shape index (κ3) is 2.40. The Hall–Kier alpha value is -1.39. The number of sulfonamides is 1. The topological polar surface area (TPSA) is 79.0 Å². The zero-order chi connectivity index (χ0) is 12.3. The predicted molar refractivity (Wildman–Crippen MR) is 57.8 cm³/mol. The lowest BCUT2D eigenvalue weighted by molar-refractivity contribution is 0.393. The van der Waals surface area contributed by atoms with Crippen molar-refractivity contribution in [2.75, 3.05) is 7.05 Å². The van der Waals surface area contributed by atoms with E-state index < -0.39 is 10.0 Å². The molecule has 1 heterocycles. The Morgan fingerprint density at radius 1 is 1.69 bits per heavy atom. The van der Waals surface area contributed by atoms with E-state index in [-0.39, 0.29) is 17.4 Å². The van der Waals surface area contributed by atoms with Crippen LogP contribution in [-0.2, 0) is 17.1 Å². The van der Waals surface area contributed by atoms with Crippen molar-refractivity contribution >= 4 is 10.0 Å². The molecule has 88 valence electrons. The molecule has 7 heteroatoms. The maximum atomic E-state index is 12.0. The second-order valence-corrected chi connectivity index (χ2v) is 5.58. The fourth-order valence-corrected chi connectivity index (χ4v) is 2.54. The molecule has 1 aromatic rings. The lowest BCUT2D eigenvalue weighted by Crippen LogP contribution is -2.34. The number of aromatic nitrogens is 2. The van der Waals surface area contributed by atoms with Crippen molar-refractivity contribution in [1.82, 2.24) is 14.1 Å². The van der Waals surface area contributed by atoms with E-state index in [9.17, 15) is 8.42 Å². The molecule has 0 aliphatic rings. The van der Waals surface area contributed by atoms with Crippen LogP contribution in [0.1, 0.15) is 13.3 Å². The smallest absolute Gasteiger partial charge is 0.246 e. The van der Waals surface area contributed by atoms with Crippen LogP contribution in [0.2, 0.25) is 0 Å². The fraction of sp³-hybridized carbons (Fsp3) is 0.556. The van der Waals surface area contributed by atoms with Gasteiger partial charge in [0.05, 0.1) is 18.7 Å². The average molecular weight is 242 g/mol. The molecule has 16 heavy (non-hydrogen) atoms. The Bertz CT molecular complexity index is 500. The van der Waals surface area contributed by atoms with E-state index in [4.69, 9.17) is 5.26 Å². The van der Waals surface area contributed by atoms with Crippen LogP contribution in [0.3, 0.4) is 0 Å². The minimum Gasteiger partial charge on any atom is -0.274 e. The normalized spacial score (nSPS) is 13.7. The molecule has 0 aromatic carbocycles. The molecule has 0 amide bonds. The summed E-state index contributed by atoms with van der Waals surface area (Å²) < 4.78 is 26.7. The molecule has 0 aliphatic carbocycles. The summed E-state index contributed by atoms with van der Waals surface area (Å²) in [7, 11) is -0.428. The molecule has 1 atom stereocenters. The molecule has 0 bridgehead atoms. The Balaban J connectivity index is 2.99. The summed E-state index contributed by atoms with van der Waals surface area (Å²) in [5.41, 5.74) is 0. The van der Waals surface area contributed by atoms with Crippen LogP contribution in [0, 0.1) is 11.3 Å². The van der Waals surface area contributed by atoms with Gasteiger partial charge in [-0.1, -0.05) is 0 Å². The highest BCUT2D eigenvalue weighted by Crippen LogP contribution is 2.16. The molecular formula is C9H14N4O2S.